The van der Waals surface area contributed by atoms with E-state index in [0.717, 1.165) is 0 Å². The molecule has 1 saturated heterocycles. The number of piperidine rings is 1. The van der Waals surface area contributed by atoms with Crippen LogP contribution in [-0.2, 0) is 0 Å². The molecular formula is C6H15BrClN. The molecule has 0 N–H and O–H groups in total. The molecule has 0 unspecified atom stereocenters. The lowest BCUT2D eigenvalue weighted by atomic mass is 10.1. The highest BCUT2D eigenvalue weighted by molar-refractivity contribution is 8.93. The summed E-state index contributed by atoms with van der Waals surface area (Å²) >= 11 is 0. The van der Waals surface area contributed by atoms with Crippen molar-refractivity contribution < 1.29 is 0 Å². The van der Waals surface area contributed by atoms with E-state index in [9.17, 15) is 0 Å². The molecule has 58 valence electrons. The van der Waals surface area contributed by atoms with Crippen molar-refractivity contribution in [1.82, 2.24) is 4.90 Å². The van der Waals surface area contributed by atoms with Crippen LogP contribution in [-0.4, -0.2) is 25.0 Å². The molecule has 0 aromatic heterocycles. The van der Waals surface area contributed by atoms with Gasteiger partial charge in [-0.15, -0.1) is 29.4 Å². The Morgan fingerprint density at radius 3 is 1.67 bits per heavy atom. The summed E-state index contributed by atoms with van der Waals surface area (Å²) in [5.74, 6) is 0. The largest absolute Gasteiger partial charge is 0.306 e. The molecule has 1 fully saturated rings. The Kier molecular flexibility index (Phi) is 9.44. The van der Waals surface area contributed by atoms with Crippen LogP contribution < -0.4 is 0 Å². The summed E-state index contributed by atoms with van der Waals surface area (Å²) < 4.78 is 0. The van der Waals surface area contributed by atoms with Crippen LogP contribution in [0.5, 0.6) is 0 Å². The van der Waals surface area contributed by atoms with Gasteiger partial charge in [0.05, 0.1) is 0 Å². The lowest BCUT2D eigenvalue weighted by Gasteiger charge is -2.20. The highest BCUT2D eigenvalue weighted by atomic mass is 79.9. The van der Waals surface area contributed by atoms with Gasteiger partial charge in [-0.3, -0.25) is 0 Å². The minimum Gasteiger partial charge on any atom is -0.306 e. The summed E-state index contributed by atoms with van der Waals surface area (Å²) in [6.45, 7) is 2.64. The SMILES string of the molecule is Br.CN1CCCCC1.Cl. The van der Waals surface area contributed by atoms with Crippen LogP contribution in [0.2, 0.25) is 0 Å². The van der Waals surface area contributed by atoms with Crippen molar-refractivity contribution in [2.45, 2.75) is 19.3 Å². The van der Waals surface area contributed by atoms with Gasteiger partial charge in [0.1, 0.15) is 0 Å². The Labute approximate surface area is 74.0 Å². The number of likely N-dealkylation sites (tertiary alicyclic amines) is 1. The molecule has 1 rings (SSSR count). The van der Waals surface area contributed by atoms with Crippen molar-refractivity contribution in [3.63, 3.8) is 0 Å². The molecule has 9 heavy (non-hydrogen) atoms. The zero-order valence-electron chi connectivity index (χ0n) is 5.80. The van der Waals surface area contributed by atoms with Crippen molar-refractivity contribution in [3.05, 3.63) is 0 Å². The molecular weight excluding hydrogens is 201 g/mol. The summed E-state index contributed by atoms with van der Waals surface area (Å²) in [6.07, 6.45) is 4.28. The first-order valence-electron chi connectivity index (χ1n) is 3.08. The Morgan fingerprint density at radius 1 is 1.00 bits per heavy atom. The number of halogens is 2. The van der Waals surface area contributed by atoms with Gasteiger partial charge in [-0.05, 0) is 33.0 Å². The van der Waals surface area contributed by atoms with Gasteiger partial charge in [0, 0.05) is 0 Å². The molecule has 1 aliphatic rings. The number of rotatable bonds is 0. The lowest BCUT2D eigenvalue weighted by molar-refractivity contribution is 0.277. The van der Waals surface area contributed by atoms with Crippen LogP contribution in [0.25, 0.3) is 0 Å². The zero-order valence-corrected chi connectivity index (χ0v) is 8.33. The second-order valence-corrected chi connectivity index (χ2v) is 2.36. The van der Waals surface area contributed by atoms with E-state index in [1.54, 1.807) is 0 Å². The monoisotopic (exact) mass is 215 g/mol. The third-order valence-corrected chi connectivity index (χ3v) is 1.58. The molecule has 0 spiro atoms. The van der Waals surface area contributed by atoms with Crippen LogP contribution >= 0.6 is 29.4 Å². The fourth-order valence-corrected chi connectivity index (χ4v) is 1.05. The average Bonchev–Trinajstić information content (AvgIpc) is 1.69. The van der Waals surface area contributed by atoms with E-state index in [2.05, 4.69) is 11.9 Å². The summed E-state index contributed by atoms with van der Waals surface area (Å²) in [6, 6.07) is 0. The van der Waals surface area contributed by atoms with Gasteiger partial charge in [0.15, 0.2) is 0 Å². The zero-order chi connectivity index (χ0) is 5.11. The van der Waals surface area contributed by atoms with Crippen molar-refractivity contribution in [2.24, 2.45) is 0 Å². The number of nitrogens with zero attached hydrogens (tertiary/aromatic N) is 1. The van der Waals surface area contributed by atoms with Crippen LogP contribution in [0, 0.1) is 0 Å². The van der Waals surface area contributed by atoms with Gasteiger partial charge in [-0.1, -0.05) is 6.42 Å². The van der Waals surface area contributed by atoms with Gasteiger partial charge in [0.25, 0.3) is 0 Å². The molecule has 0 aromatic rings. The van der Waals surface area contributed by atoms with Gasteiger partial charge in [-0.25, -0.2) is 0 Å². The highest BCUT2D eigenvalue weighted by Crippen LogP contribution is 2.04. The first-order valence-corrected chi connectivity index (χ1v) is 3.08. The fraction of sp³-hybridized carbons (Fsp3) is 1.00. The predicted molar refractivity (Wildman–Crippen MR) is 48.9 cm³/mol. The van der Waals surface area contributed by atoms with Crippen molar-refractivity contribution in [3.8, 4) is 0 Å². The molecule has 0 aromatic carbocycles. The molecule has 0 amide bonds. The molecule has 0 radical (unpaired) electrons. The molecule has 0 atom stereocenters. The smallest absolute Gasteiger partial charge is 0.00218 e. The van der Waals surface area contributed by atoms with Gasteiger partial charge in [0.2, 0.25) is 0 Å². The summed E-state index contributed by atoms with van der Waals surface area (Å²) in [5, 5.41) is 0. The molecule has 1 nitrogen and oxygen atoms in total. The second kappa shape index (κ2) is 6.84. The lowest BCUT2D eigenvalue weighted by Crippen LogP contribution is -2.24. The number of hydrogen-bond acceptors (Lipinski definition) is 1. The molecule has 3 heteroatoms. The third kappa shape index (κ3) is 5.19. The average molecular weight is 217 g/mol. The summed E-state index contributed by atoms with van der Waals surface area (Å²) in [4.78, 5) is 2.39. The Bertz CT molecular complexity index is 55.0. The van der Waals surface area contributed by atoms with Gasteiger partial charge in [-0.2, -0.15) is 0 Å². The van der Waals surface area contributed by atoms with Crippen LogP contribution in [0.3, 0.4) is 0 Å². The van der Waals surface area contributed by atoms with Crippen molar-refractivity contribution in [2.75, 3.05) is 20.1 Å². The topological polar surface area (TPSA) is 3.24 Å². The van der Waals surface area contributed by atoms with E-state index in [1.807, 2.05) is 0 Å². The molecule has 0 aliphatic carbocycles. The molecule has 1 aliphatic heterocycles. The van der Waals surface area contributed by atoms with E-state index < -0.39 is 0 Å². The Hall–Kier alpha value is 0.730. The van der Waals surface area contributed by atoms with E-state index in [4.69, 9.17) is 0 Å². The molecule has 1 heterocycles. The summed E-state index contributed by atoms with van der Waals surface area (Å²) in [7, 11) is 2.19. The second-order valence-electron chi connectivity index (χ2n) is 2.36. The quantitative estimate of drug-likeness (QED) is 0.599. The first-order chi connectivity index (χ1) is 3.39. The third-order valence-electron chi connectivity index (χ3n) is 1.58. The standard InChI is InChI=1S/C6H13N.BrH.ClH/c1-7-5-3-2-4-6-7;;/h2-6H2,1H3;2*1H. The first kappa shape index (κ1) is 12.4. The maximum atomic E-state index is 2.39. The highest BCUT2D eigenvalue weighted by Gasteiger charge is 2.02. The van der Waals surface area contributed by atoms with Crippen LogP contribution in [0.1, 0.15) is 19.3 Å². The van der Waals surface area contributed by atoms with Crippen molar-refractivity contribution >= 4 is 29.4 Å². The van der Waals surface area contributed by atoms with Gasteiger partial charge < -0.3 is 4.90 Å². The van der Waals surface area contributed by atoms with E-state index in [0.29, 0.717) is 0 Å². The minimum atomic E-state index is 0. The minimum absolute atomic E-state index is 0. The molecule has 0 bridgehead atoms. The van der Waals surface area contributed by atoms with Crippen molar-refractivity contribution in [1.29, 1.82) is 0 Å². The van der Waals surface area contributed by atoms with E-state index in [1.165, 1.54) is 32.4 Å². The number of hydrogen-bond donors (Lipinski definition) is 0. The Morgan fingerprint density at radius 2 is 1.44 bits per heavy atom. The predicted octanol–water partition coefficient (Wildman–Crippen LogP) is 2.10. The fourth-order valence-electron chi connectivity index (χ4n) is 1.05. The summed E-state index contributed by atoms with van der Waals surface area (Å²) in [5.41, 5.74) is 0. The van der Waals surface area contributed by atoms with Crippen LogP contribution in [0.4, 0.5) is 0 Å². The Balaban J connectivity index is 0. The maximum Gasteiger partial charge on any atom is -0.00218 e. The molecule has 0 saturated carbocycles. The van der Waals surface area contributed by atoms with Crippen LogP contribution in [0.15, 0.2) is 0 Å². The van der Waals surface area contributed by atoms with E-state index >= 15 is 0 Å². The van der Waals surface area contributed by atoms with E-state index in [-0.39, 0.29) is 29.4 Å². The normalized spacial score (nSPS) is 19.7. The van der Waals surface area contributed by atoms with Gasteiger partial charge >= 0.3 is 0 Å². The maximum absolute atomic E-state index is 2.39.